The number of nitrogens with one attached hydrogen (secondary N) is 1. The van der Waals surface area contributed by atoms with E-state index in [4.69, 9.17) is 19.6 Å². The zero-order valence-electron chi connectivity index (χ0n) is 21.4. The summed E-state index contributed by atoms with van der Waals surface area (Å²) < 4.78 is 18.0. The molecule has 198 valence electrons. The van der Waals surface area contributed by atoms with E-state index in [1.54, 1.807) is 24.2 Å². The summed E-state index contributed by atoms with van der Waals surface area (Å²) in [5.74, 6) is 1.52. The molecule has 2 aliphatic rings. The normalized spacial score (nSPS) is 15.7. The van der Waals surface area contributed by atoms with Gasteiger partial charge in [-0.25, -0.2) is 0 Å². The van der Waals surface area contributed by atoms with Gasteiger partial charge in [0.2, 0.25) is 0 Å². The number of fused-ring (bicyclic) bond motifs is 1. The molecule has 0 aromatic heterocycles. The van der Waals surface area contributed by atoms with Gasteiger partial charge in [0.15, 0.2) is 16.7 Å². The number of halogens is 1. The number of aliphatic imine (C=N–C) groups is 1. The topological polar surface area (TPSA) is 84.2 Å². The molecule has 0 saturated heterocycles. The lowest BCUT2D eigenvalue weighted by molar-refractivity contribution is -0.114. The van der Waals surface area contributed by atoms with Crippen LogP contribution in [0.1, 0.15) is 23.1 Å². The van der Waals surface area contributed by atoms with Crippen molar-refractivity contribution < 1.29 is 19.0 Å². The van der Waals surface area contributed by atoms with Gasteiger partial charge in [0.05, 0.1) is 36.1 Å². The van der Waals surface area contributed by atoms with Gasteiger partial charge in [-0.05, 0) is 64.3 Å². The van der Waals surface area contributed by atoms with Crippen molar-refractivity contribution >= 4 is 56.4 Å². The van der Waals surface area contributed by atoms with Crippen LogP contribution >= 0.6 is 27.7 Å². The average Bonchev–Trinajstić information content (AvgIpc) is 3.37. The molecule has 5 rings (SSSR count). The fraction of sp³-hybridized carbons (Fsp3) is 0.167. The molecule has 0 saturated carbocycles. The third-order valence-corrected chi connectivity index (χ3v) is 7.49. The summed E-state index contributed by atoms with van der Waals surface area (Å²) in [6.07, 6.45) is 2.34. The highest BCUT2D eigenvalue weighted by Crippen LogP contribution is 2.39. The average molecular weight is 605 g/mol. The number of amidine groups is 2. The second-order valence-corrected chi connectivity index (χ2v) is 10.5. The van der Waals surface area contributed by atoms with E-state index >= 15 is 0 Å². The Morgan fingerprint density at radius 1 is 1.05 bits per heavy atom. The number of benzene rings is 3. The molecule has 1 N–H and O–H groups in total. The molecule has 2 heterocycles. The Morgan fingerprint density at radius 2 is 1.79 bits per heavy atom. The Bertz CT molecular complexity index is 1500. The van der Waals surface area contributed by atoms with Crippen LogP contribution in [-0.2, 0) is 4.79 Å². The lowest BCUT2D eigenvalue weighted by Gasteiger charge is -2.27. The van der Waals surface area contributed by atoms with Gasteiger partial charge in [0, 0.05) is 11.8 Å². The van der Waals surface area contributed by atoms with Gasteiger partial charge < -0.3 is 14.2 Å². The van der Waals surface area contributed by atoms with E-state index < -0.39 is 5.91 Å². The largest absolute Gasteiger partial charge is 0.493 e. The van der Waals surface area contributed by atoms with E-state index in [9.17, 15) is 4.79 Å². The summed E-state index contributed by atoms with van der Waals surface area (Å²) in [5.41, 5.74) is 3.82. The smallest absolute Gasteiger partial charge is 0.283 e. The van der Waals surface area contributed by atoms with Crippen molar-refractivity contribution in [2.24, 2.45) is 4.99 Å². The number of rotatable bonds is 9. The van der Waals surface area contributed by atoms with E-state index in [2.05, 4.69) is 20.9 Å². The maximum absolute atomic E-state index is 12.9. The van der Waals surface area contributed by atoms with Crippen LogP contribution in [-0.4, -0.2) is 42.1 Å². The predicted octanol–water partition coefficient (Wildman–Crippen LogP) is 6.92. The highest BCUT2D eigenvalue weighted by atomic mass is 79.9. The van der Waals surface area contributed by atoms with Crippen LogP contribution in [0.4, 0.5) is 0 Å². The molecule has 39 heavy (non-hydrogen) atoms. The zero-order chi connectivity index (χ0) is 27.4. The first-order chi connectivity index (χ1) is 18.9. The fourth-order valence-corrected chi connectivity index (χ4v) is 5.57. The number of hydrogen-bond acceptors (Lipinski definition) is 6. The summed E-state index contributed by atoms with van der Waals surface area (Å²) >= 11 is 4.91. The van der Waals surface area contributed by atoms with Crippen molar-refractivity contribution in [2.45, 2.75) is 13.3 Å². The molecular formula is C30H26BrN3O4S. The molecule has 0 fully saturated rings. The van der Waals surface area contributed by atoms with Crippen LogP contribution in [0.25, 0.3) is 11.8 Å². The second-order valence-electron chi connectivity index (χ2n) is 8.83. The predicted molar refractivity (Wildman–Crippen MR) is 159 cm³/mol. The Balaban J connectivity index is 1.29. The van der Waals surface area contributed by atoms with Gasteiger partial charge in [-0.3, -0.25) is 15.1 Å². The Kier molecular flexibility index (Phi) is 8.18. The van der Waals surface area contributed by atoms with Crippen LogP contribution in [0.2, 0.25) is 0 Å². The molecule has 0 bridgehead atoms. The van der Waals surface area contributed by atoms with Gasteiger partial charge >= 0.3 is 0 Å². The molecule has 3 aromatic rings. The molecule has 0 spiro atoms. The van der Waals surface area contributed by atoms with Crippen LogP contribution < -0.4 is 14.2 Å². The first-order valence-electron chi connectivity index (χ1n) is 12.3. The third kappa shape index (κ3) is 5.94. The molecule has 0 aliphatic carbocycles. The van der Waals surface area contributed by atoms with Crippen LogP contribution in [0, 0.1) is 12.3 Å². The van der Waals surface area contributed by atoms with Crippen molar-refractivity contribution in [1.29, 1.82) is 5.41 Å². The summed E-state index contributed by atoms with van der Waals surface area (Å²) in [6, 6.07) is 21.3. The van der Waals surface area contributed by atoms with Crippen LogP contribution in [0.15, 0.2) is 87.2 Å². The molecule has 0 radical (unpaired) electrons. The van der Waals surface area contributed by atoms with Crippen molar-refractivity contribution in [3.05, 3.63) is 98.9 Å². The maximum Gasteiger partial charge on any atom is 0.283 e. The highest BCUT2D eigenvalue weighted by Gasteiger charge is 2.36. The monoisotopic (exact) mass is 603 g/mol. The van der Waals surface area contributed by atoms with Crippen molar-refractivity contribution in [3.63, 3.8) is 0 Å². The van der Waals surface area contributed by atoms with Gasteiger partial charge in [-0.1, -0.05) is 59.8 Å². The molecule has 0 atom stereocenters. The SMILES string of the molecule is COc1cc(/C=C2/C(=N)N3C(c4ccccc4)=CSC3=NC2=O)cc(Br)c1OCCCOc1ccc(C)cc1. The minimum Gasteiger partial charge on any atom is -0.493 e. The van der Waals surface area contributed by atoms with Gasteiger partial charge in [0.1, 0.15) is 11.6 Å². The lowest BCUT2D eigenvalue weighted by Crippen LogP contribution is -2.38. The van der Waals surface area contributed by atoms with Crippen LogP contribution in [0.3, 0.4) is 0 Å². The summed E-state index contributed by atoms with van der Waals surface area (Å²) in [5, 5.41) is 11.2. The van der Waals surface area contributed by atoms with Gasteiger partial charge in [0.25, 0.3) is 5.91 Å². The maximum atomic E-state index is 12.9. The third-order valence-electron chi connectivity index (χ3n) is 6.07. The fourth-order valence-electron chi connectivity index (χ4n) is 4.10. The molecule has 0 unspecified atom stereocenters. The second kappa shape index (κ2) is 11.9. The lowest BCUT2D eigenvalue weighted by atomic mass is 10.1. The summed E-state index contributed by atoms with van der Waals surface area (Å²) in [4.78, 5) is 18.8. The number of amides is 1. The Labute approximate surface area is 239 Å². The highest BCUT2D eigenvalue weighted by molar-refractivity contribution is 9.10. The van der Waals surface area contributed by atoms with E-state index in [0.29, 0.717) is 46.3 Å². The quantitative estimate of drug-likeness (QED) is 0.211. The van der Waals surface area contributed by atoms with Crippen molar-refractivity contribution in [2.75, 3.05) is 20.3 Å². The summed E-state index contributed by atoms with van der Waals surface area (Å²) in [7, 11) is 1.56. The van der Waals surface area contributed by atoms with E-state index in [-0.39, 0.29) is 11.4 Å². The van der Waals surface area contributed by atoms with E-state index in [1.807, 2.05) is 73.0 Å². The zero-order valence-corrected chi connectivity index (χ0v) is 23.8. The molecule has 3 aromatic carbocycles. The van der Waals surface area contributed by atoms with Crippen molar-refractivity contribution in [1.82, 2.24) is 4.90 Å². The molecule has 9 heteroatoms. The number of methoxy groups -OCH3 is 1. The number of nitrogens with zero attached hydrogens (tertiary/aromatic N) is 2. The van der Waals surface area contributed by atoms with Crippen LogP contribution in [0.5, 0.6) is 17.2 Å². The first kappa shape index (κ1) is 26.8. The van der Waals surface area contributed by atoms with Gasteiger partial charge in [-0.15, -0.1) is 0 Å². The van der Waals surface area contributed by atoms with Crippen molar-refractivity contribution in [3.8, 4) is 17.2 Å². The van der Waals surface area contributed by atoms with Gasteiger partial charge in [-0.2, -0.15) is 4.99 Å². The minimum atomic E-state index is -0.453. The number of hydrogen-bond donors (Lipinski definition) is 1. The molecular weight excluding hydrogens is 578 g/mol. The molecule has 1 amide bonds. The number of ether oxygens (including phenoxy) is 3. The Morgan fingerprint density at radius 3 is 2.54 bits per heavy atom. The number of aryl methyl sites for hydroxylation is 1. The standard InChI is InChI=1S/C30H26BrN3O4S/c1-19-9-11-22(12-10-19)37-13-6-14-38-27-24(31)16-20(17-26(27)36-2)15-23-28(32)34-25(21-7-4-3-5-8-21)18-39-30(34)33-29(23)35/h3-5,7-12,15-18,32H,6,13-14H2,1-2H3/b23-15-,32-28?. The van der Waals surface area contributed by atoms with E-state index in [1.165, 1.54) is 17.3 Å². The number of carbonyl (C=O) groups is 1. The Hall–Kier alpha value is -3.82. The first-order valence-corrected chi connectivity index (χ1v) is 14.0. The minimum absolute atomic E-state index is 0.0779. The molecule has 2 aliphatic heterocycles. The summed E-state index contributed by atoms with van der Waals surface area (Å²) in [6.45, 7) is 2.99. The molecule has 7 nitrogen and oxygen atoms in total. The number of carbonyl (C=O) groups excluding carboxylic acids is 1. The number of thioether (sulfide) groups is 1. The van der Waals surface area contributed by atoms with E-state index in [0.717, 1.165) is 17.0 Å².